The zero-order valence-electron chi connectivity index (χ0n) is 12.0. The van der Waals surface area contributed by atoms with Gasteiger partial charge >= 0.3 is 5.97 Å². The predicted octanol–water partition coefficient (Wildman–Crippen LogP) is 4.00. The largest absolute Gasteiger partial charge is 0.543 e. The Balaban J connectivity index is 2.78. The maximum absolute atomic E-state index is 10.8. The minimum absolute atomic E-state index is 0.168. The fraction of sp³-hybridized carbons (Fsp3) is 0.500. The zero-order valence-corrected chi connectivity index (χ0v) is 13.0. The molecule has 0 radical (unpaired) electrons. The highest BCUT2D eigenvalue weighted by Crippen LogP contribution is 2.37. The van der Waals surface area contributed by atoms with E-state index in [1.807, 2.05) is 12.1 Å². The number of benzene rings is 1. The Morgan fingerprint density at radius 3 is 1.89 bits per heavy atom. The van der Waals surface area contributed by atoms with Crippen LogP contribution >= 0.6 is 0 Å². The molecule has 4 heteroatoms. The second kappa shape index (κ2) is 5.14. The number of hydrogen-bond acceptors (Lipinski definition) is 3. The summed E-state index contributed by atoms with van der Waals surface area (Å²) in [5, 5.41) is 0.168. The number of carbonyl (C=O) groups is 1. The molecule has 0 bridgehead atoms. The lowest BCUT2D eigenvalue weighted by molar-refractivity contribution is -0.131. The molecule has 0 unspecified atom stereocenters. The van der Waals surface area contributed by atoms with Gasteiger partial charge in [0.1, 0.15) is 11.5 Å². The van der Waals surface area contributed by atoms with Crippen molar-refractivity contribution in [1.82, 2.24) is 0 Å². The molecule has 0 aromatic heterocycles. The van der Waals surface area contributed by atoms with Crippen molar-refractivity contribution < 1.29 is 14.0 Å². The van der Waals surface area contributed by atoms with Gasteiger partial charge in [0, 0.05) is 6.92 Å². The summed E-state index contributed by atoms with van der Waals surface area (Å²) < 4.78 is 11.1. The van der Waals surface area contributed by atoms with E-state index in [1.54, 1.807) is 12.1 Å². The van der Waals surface area contributed by atoms with Crippen molar-refractivity contribution in [1.29, 1.82) is 0 Å². The van der Waals surface area contributed by atoms with Gasteiger partial charge in [-0.15, -0.1) is 0 Å². The van der Waals surface area contributed by atoms with Gasteiger partial charge in [0.05, 0.1) is 0 Å². The smallest absolute Gasteiger partial charge is 0.308 e. The molecule has 1 aromatic carbocycles. The minimum Gasteiger partial charge on any atom is -0.543 e. The molecule has 1 rings (SSSR count). The van der Waals surface area contributed by atoms with Crippen LogP contribution in [0.15, 0.2) is 24.3 Å². The van der Waals surface area contributed by atoms with Crippen LogP contribution in [0.1, 0.15) is 27.7 Å². The van der Waals surface area contributed by atoms with Crippen LogP contribution in [-0.2, 0) is 4.79 Å². The summed E-state index contributed by atoms with van der Waals surface area (Å²) in [6, 6.07) is 7.20. The number of hydrogen-bond donors (Lipinski definition) is 0. The highest BCUT2D eigenvalue weighted by molar-refractivity contribution is 6.74. The minimum atomic E-state index is -1.80. The van der Waals surface area contributed by atoms with E-state index in [9.17, 15) is 4.79 Å². The van der Waals surface area contributed by atoms with Crippen molar-refractivity contribution >= 4 is 14.3 Å². The molecule has 0 amide bonds. The maximum Gasteiger partial charge on any atom is 0.308 e. The molecule has 0 N–H and O–H groups in total. The molecule has 0 aliphatic heterocycles. The van der Waals surface area contributed by atoms with Gasteiger partial charge in [0.25, 0.3) is 0 Å². The Morgan fingerprint density at radius 2 is 1.50 bits per heavy atom. The molecule has 0 saturated heterocycles. The van der Waals surface area contributed by atoms with Crippen LogP contribution in [0.25, 0.3) is 0 Å². The van der Waals surface area contributed by atoms with Crippen LogP contribution < -0.4 is 9.16 Å². The van der Waals surface area contributed by atoms with Crippen molar-refractivity contribution in [2.75, 3.05) is 0 Å². The number of rotatable bonds is 3. The first kappa shape index (κ1) is 14.8. The van der Waals surface area contributed by atoms with E-state index < -0.39 is 8.32 Å². The van der Waals surface area contributed by atoms with Crippen LogP contribution in [-0.4, -0.2) is 14.3 Å². The molecule has 0 spiro atoms. The predicted molar refractivity (Wildman–Crippen MR) is 75.6 cm³/mol. The van der Waals surface area contributed by atoms with E-state index in [1.165, 1.54) is 6.92 Å². The van der Waals surface area contributed by atoms with Crippen LogP contribution in [0, 0.1) is 0 Å². The molecule has 0 aliphatic rings. The molecule has 1 aromatic rings. The molecule has 3 nitrogen and oxygen atoms in total. The molecule has 18 heavy (non-hydrogen) atoms. The van der Waals surface area contributed by atoms with Crippen molar-refractivity contribution in [3.05, 3.63) is 24.3 Å². The van der Waals surface area contributed by atoms with Crippen molar-refractivity contribution in [3.8, 4) is 11.5 Å². The Bertz CT molecular complexity index is 416. The van der Waals surface area contributed by atoms with Gasteiger partial charge in [-0.2, -0.15) is 0 Å². The average Bonchev–Trinajstić information content (AvgIpc) is 2.18. The molecular weight excluding hydrogens is 244 g/mol. The van der Waals surface area contributed by atoms with Gasteiger partial charge in [-0.1, -0.05) is 20.8 Å². The van der Waals surface area contributed by atoms with E-state index in [2.05, 4.69) is 33.9 Å². The Kier molecular flexibility index (Phi) is 4.22. The Hall–Kier alpha value is -1.29. The van der Waals surface area contributed by atoms with E-state index in [4.69, 9.17) is 9.16 Å². The summed E-state index contributed by atoms with van der Waals surface area (Å²) in [6.45, 7) is 12.4. The third-order valence-electron chi connectivity index (χ3n) is 3.26. The summed E-state index contributed by atoms with van der Waals surface area (Å²) >= 11 is 0. The average molecular weight is 266 g/mol. The molecule has 0 fully saturated rings. The van der Waals surface area contributed by atoms with Gasteiger partial charge in [0.2, 0.25) is 8.32 Å². The second-order valence-electron chi connectivity index (χ2n) is 5.93. The fourth-order valence-electron chi connectivity index (χ4n) is 1.19. The van der Waals surface area contributed by atoms with E-state index >= 15 is 0 Å². The lowest BCUT2D eigenvalue weighted by Gasteiger charge is -2.36. The maximum atomic E-state index is 10.8. The quantitative estimate of drug-likeness (QED) is 0.471. The first-order valence-corrected chi connectivity index (χ1v) is 9.00. The lowest BCUT2D eigenvalue weighted by atomic mass is 10.2. The third-order valence-corrected chi connectivity index (χ3v) is 7.62. The molecule has 100 valence electrons. The SMILES string of the molecule is CC(=O)Oc1ccc(O[Si](C)(C)C(C)(C)C)cc1. The molecule has 0 saturated carbocycles. The van der Waals surface area contributed by atoms with Gasteiger partial charge in [-0.05, 0) is 42.4 Å². The van der Waals surface area contributed by atoms with Gasteiger partial charge in [0.15, 0.2) is 0 Å². The van der Waals surface area contributed by atoms with Crippen LogP contribution in [0.4, 0.5) is 0 Å². The van der Waals surface area contributed by atoms with Crippen molar-refractivity contribution in [2.24, 2.45) is 0 Å². The molecule has 0 aliphatic carbocycles. The fourth-order valence-corrected chi connectivity index (χ4v) is 2.22. The molecule has 0 atom stereocenters. The number of esters is 1. The van der Waals surface area contributed by atoms with Crippen molar-refractivity contribution in [3.63, 3.8) is 0 Å². The van der Waals surface area contributed by atoms with E-state index in [-0.39, 0.29) is 11.0 Å². The standard InChI is InChI=1S/C14H22O3Si/c1-11(15)16-12-7-9-13(10-8-12)17-18(5,6)14(2,3)4/h7-10H,1-6H3. The van der Waals surface area contributed by atoms with Gasteiger partial charge in [-0.25, -0.2) is 0 Å². The summed E-state index contributed by atoms with van der Waals surface area (Å²) in [7, 11) is -1.80. The number of carbonyl (C=O) groups excluding carboxylic acids is 1. The van der Waals surface area contributed by atoms with Gasteiger partial charge in [-0.3, -0.25) is 4.79 Å². The van der Waals surface area contributed by atoms with Crippen LogP contribution in [0.5, 0.6) is 11.5 Å². The van der Waals surface area contributed by atoms with E-state index in [0.29, 0.717) is 5.75 Å². The lowest BCUT2D eigenvalue weighted by Crippen LogP contribution is -2.43. The summed E-state index contributed by atoms with van der Waals surface area (Å²) in [6.07, 6.45) is 0. The first-order valence-electron chi connectivity index (χ1n) is 6.09. The Labute approximate surface area is 110 Å². The van der Waals surface area contributed by atoms with E-state index in [0.717, 1.165) is 5.75 Å². The topological polar surface area (TPSA) is 35.5 Å². The molecule has 0 heterocycles. The highest BCUT2D eigenvalue weighted by atomic mass is 28.4. The molecular formula is C14H22O3Si. The summed E-state index contributed by atoms with van der Waals surface area (Å²) in [4.78, 5) is 10.8. The van der Waals surface area contributed by atoms with Gasteiger partial charge < -0.3 is 9.16 Å². The zero-order chi connectivity index (χ0) is 14.0. The second-order valence-corrected chi connectivity index (χ2v) is 10.7. The monoisotopic (exact) mass is 266 g/mol. The van der Waals surface area contributed by atoms with Crippen LogP contribution in [0.3, 0.4) is 0 Å². The van der Waals surface area contributed by atoms with Crippen molar-refractivity contribution in [2.45, 2.75) is 45.8 Å². The number of ether oxygens (including phenoxy) is 1. The Morgan fingerprint density at radius 1 is 1.06 bits per heavy atom. The van der Waals surface area contributed by atoms with Crippen LogP contribution in [0.2, 0.25) is 18.1 Å². The first-order chi connectivity index (χ1) is 8.12. The normalized spacial score (nSPS) is 12.1. The summed E-state index contributed by atoms with van der Waals surface area (Å²) in [5.74, 6) is 1.07. The summed E-state index contributed by atoms with van der Waals surface area (Å²) in [5.41, 5.74) is 0. The third kappa shape index (κ3) is 3.87. The highest BCUT2D eigenvalue weighted by Gasteiger charge is 2.38.